The van der Waals surface area contributed by atoms with Crippen molar-refractivity contribution in [2.75, 3.05) is 7.05 Å². The molecule has 0 radical (unpaired) electrons. The predicted molar refractivity (Wildman–Crippen MR) is 111 cm³/mol. The van der Waals surface area contributed by atoms with Crippen molar-refractivity contribution in [3.05, 3.63) is 107 Å². The molecule has 0 spiro atoms. The Morgan fingerprint density at radius 2 is 1.45 bits per heavy atom. The largest absolute Gasteiger partial charge is 0.420 e. The number of esters is 1. The number of Topliss-reactive ketones (excluding diaryl/α,β-unsaturated/α-hetero) is 1. The van der Waals surface area contributed by atoms with E-state index in [0.29, 0.717) is 0 Å². The van der Waals surface area contributed by atoms with Crippen molar-refractivity contribution in [1.82, 2.24) is 4.31 Å². The molecule has 6 nitrogen and oxygen atoms in total. The van der Waals surface area contributed by atoms with Crippen LogP contribution in [-0.4, -0.2) is 31.5 Å². The van der Waals surface area contributed by atoms with E-state index in [4.69, 9.17) is 4.74 Å². The topological polar surface area (TPSA) is 80.8 Å². The van der Waals surface area contributed by atoms with Gasteiger partial charge in [-0.05, 0) is 36.4 Å². The summed E-state index contributed by atoms with van der Waals surface area (Å²) in [5, 5.41) is 0. The predicted octanol–water partition coefficient (Wildman–Crippen LogP) is 3.87. The highest BCUT2D eigenvalue weighted by molar-refractivity contribution is 7.89. The summed E-state index contributed by atoms with van der Waals surface area (Å²) in [5.74, 6) is -2.18. The molecule has 3 aromatic rings. The van der Waals surface area contributed by atoms with E-state index in [1.165, 1.54) is 49.5 Å². The number of hydrogen-bond acceptors (Lipinski definition) is 5. The van der Waals surface area contributed by atoms with Gasteiger partial charge in [-0.1, -0.05) is 42.5 Å². The molecule has 0 aromatic heterocycles. The smallest absolute Gasteiger partial charge is 0.343 e. The van der Waals surface area contributed by atoms with Crippen molar-refractivity contribution in [1.29, 1.82) is 0 Å². The third-order valence-electron chi connectivity index (χ3n) is 4.83. The Balaban J connectivity index is 1.91. The number of nitrogens with zero attached hydrogens (tertiary/aromatic N) is 1. The van der Waals surface area contributed by atoms with Gasteiger partial charge in [0, 0.05) is 18.2 Å². The second kappa shape index (κ2) is 7.81. The molecule has 0 saturated carbocycles. The van der Waals surface area contributed by atoms with Gasteiger partial charge in [0.1, 0.15) is 11.5 Å². The molecule has 0 bridgehead atoms. The molecular formula is C23H16FNO5S. The molecule has 0 aliphatic carbocycles. The van der Waals surface area contributed by atoms with E-state index in [9.17, 15) is 22.4 Å². The number of rotatable bonds is 4. The first-order valence-electron chi connectivity index (χ1n) is 9.21. The monoisotopic (exact) mass is 437 g/mol. The van der Waals surface area contributed by atoms with Crippen LogP contribution in [0.2, 0.25) is 0 Å². The number of halogens is 1. The quantitative estimate of drug-likeness (QED) is 0.457. The first-order chi connectivity index (χ1) is 14.8. The summed E-state index contributed by atoms with van der Waals surface area (Å²) < 4.78 is 45.7. The molecule has 0 fully saturated rings. The van der Waals surface area contributed by atoms with E-state index in [1.54, 1.807) is 24.3 Å². The third-order valence-corrected chi connectivity index (χ3v) is 6.64. The summed E-state index contributed by atoms with van der Waals surface area (Å²) in [4.78, 5) is 25.9. The standard InChI is InChI=1S/C23H16FNO5S/c1-25-20(21(26)15-7-3-2-4-8-15)22(18-9-5-6-10-19(18)31(25,28)29)30-23(27)16-11-13-17(24)14-12-16/h2-14H,1H3. The normalized spacial score (nSPS) is 14.7. The lowest BCUT2D eigenvalue weighted by Gasteiger charge is -2.30. The molecule has 1 aliphatic heterocycles. The van der Waals surface area contributed by atoms with Crippen molar-refractivity contribution >= 4 is 27.5 Å². The van der Waals surface area contributed by atoms with Gasteiger partial charge in [0.15, 0.2) is 5.76 Å². The maximum atomic E-state index is 13.3. The molecule has 1 heterocycles. The molecule has 0 saturated heterocycles. The van der Waals surface area contributed by atoms with Gasteiger partial charge in [0.05, 0.1) is 10.5 Å². The Morgan fingerprint density at radius 1 is 0.839 bits per heavy atom. The van der Waals surface area contributed by atoms with Gasteiger partial charge in [-0.25, -0.2) is 17.6 Å². The average molecular weight is 437 g/mol. The minimum absolute atomic E-state index is 0.0500. The molecule has 0 amide bonds. The zero-order valence-electron chi connectivity index (χ0n) is 16.3. The Hall–Kier alpha value is -3.78. The minimum atomic E-state index is -4.05. The molecule has 4 rings (SSSR count). The van der Waals surface area contributed by atoms with Gasteiger partial charge in [-0.15, -0.1) is 0 Å². The molecule has 0 unspecified atom stereocenters. The first-order valence-corrected chi connectivity index (χ1v) is 10.6. The van der Waals surface area contributed by atoms with Crippen LogP contribution in [0.25, 0.3) is 5.76 Å². The van der Waals surface area contributed by atoms with E-state index < -0.39 is 27.6 Å². The fourth-order valence-electron chi connectivity index (χ4n) is 3.23. The summed E-state index contributed by atoms with van der Waals surface area (Å²) >= 11 is 0. The second-order valence-corrected chi connectivity index (χ2v) is 8.68. The SMILES string of the molecule is CN1C(C(=O)c2ccccc2)=C(OC(=O)c2ccc(F)cc2)c2ccccc2S1(=O)=O. The average Bonchev–Trinajstić information content (AvgIpc) is 2.78. The molecule has 31 heavy (non-hydrogen) atoms. The highest BCUT2D eigenvalue weighted by Gasteiger charge is 2.39. The van der Waals surface area contributed by atoms with Crippen LogP contribution >= 0.6 is 0 Å². The van der Waals surface area contributed by atoms with Crippen molar-refractivity contribution in [2.45, 2.75) is 4.90 Å². The van der Waals surface area contributed by atoms with Crippen LogP contribution in [0.1, 0.15) is 26.3 Å². The number of sulfonamides is 1. The van der Waals surface area contributed by atoms with Gasteiger partial charge in [-0.3, -0.25) is 9.10 Å². The van der Waals surface area contributed by atoms with E-state index in [0.717, 1.165) is 16.4 Å². The summed E-state index contributed by atoms with van der Waals surface area (Å²) in [6.45, 7) is 0. The Morgan fingerprint density at radius 3 is 2.13 bits per heavy atom. The number of ether oxygens (including phenoxy) is 1. The lowest BCUT2D eigenvalue weighted by molar-refractivity contribution is 0.0686. The molecular weight excluding hydrogens is 421 g/mol. The number of carbonyl (C=O) groups excluding carboxylic acids is 2. The van der Waals surface area contributed by atoms with E-state index in [-0.39, 0.29) is 33.0 Å². The number of benzene rings is 3. The second-order valence-electron chi connectivity index (χ2n) is 6.74. The van der Waals surface area contributed by atoms with Crippen LogP contribution in [0.5, 0.6) is 0 Å². The number of hydrogen-bond donors (Lipinski definition) is 0. The fraction of sp³-hybridized carbons (Fsp3) is 0.0435. The van der Waals surface area contributed by atoms with E-state index in [1.807, 2.05) is 0 Å². The van der Waals surface area contributed by atoms with Gasteiger partial charge in [-0.2, -0.15) is 0 Å². The first kappa shape index (κ1) is 20.5. The number of allylic oxidation sites excluding steroid dienone is 1. The Bertz CT molecular complexity index is 1320. The maximum absolute atomic E-state index is 13.3. The fourth-order valence-corrected chi connectivity index (χ4v) is 4.62. The Kier molecular flexibility index (Phi) is 5.16. The lowest BCUT2D eigenvalue weighted by Crippen LogP contribution is -2.36. The zero-order valence-corrected chi connectivity index (χ0v) is 17.1. The summed E-state index contributed by atoms with van der Waals surface area (Å²) in [6.07, 6.45) is 0. The molecule has 1 aliphatic rings. The highest BCUT2D eigenvalue weighted by Crippen LogP contribution is 2.38. The zero-order chi connectivity index (χ0) is 22.2. The van der Waals surface area contributed by atoms with Crippen molar-refractivity contribution in [3.8, 4) is 0 Å². The van der Waals surface area contributed by atoms with Crippen LogP contribution in [0.15, 0.2) is 89.5 Å². The van der Waals surface area contributed by atoms with Gasteiger partial charge in [0.2, 0.25) is 5.78 Å². The van der Waals surface area contributed by atoms with Crippen LogP contribution in [0.3, 0.4) is 0 Å². The molecule has 3 aromatic carbocycles. The van der Waals surface area contributed by atoms with Crippen molar-refractivity contribution in [3.63, 3.8) is 0 Å². The van der Waals surface area contributed by atoms with Crippen molar-refractivity contribution < 1.29 is 27.1 Å². The highest BCUT2D eigenvalue weighted by atomic mass is 32.2. The Labute approximate surface area is 178 Å². The maximum Gasteiger partial charge on any atom is 0.343 e. The lowest BCUT2D eigenvalue weighted by atomic mass is 10.0. The number of fused-ring (bicyclic) bond motifs is 1. The van der Waals surface area contributed by atoms with Crippen LogP contribution in [0.4, 0.5) is 4.39 Å². The molecule has 0 N–H and O–H groups in total. The molecule has 8 heteroatoms. The molecule has 0 atom stereocenters. The van der Waals surface area contributed by atoms with E-state index in [2.05, 4.69) is 0 Å². The molecule has 156 valence electrons. The summed E-state index contributed by atoms with van der Waals surface area (Å²) in [6, 6.07) is 18.7. The summed E-state index contributed by atoms with van der Waals surface area (Å²) in [5.41, 5.74) is 0.0824. The van der Waals surface area contributed by atoms with Gasteiger partial charge < -0.3 is 4.74 Å². The van der Waals surface area contributed by atoms with Crippen LogP contribution in [-0.2, 0) is 14.8 Å². The van der Waals surface area contributed by atoms with E-state index >= 15 is 0 Å². The van der Waals surface area contributed by atoms with Crippen molar-refractivity contribution in [2.24, 2.45) is 0 Å². The third kappa shape index (κ3) is 3.62. The van der Waals surface area contributed by atoms with Crippen LogP contribution < -0.4 is 0 Å². The number of carbonyl (C=O) groups is 2. The number of likely N-dealkylation sites (N-methyl/N-ethyl adjacent to an activating group) is 1. The summed E-state index contributed by atoms with van der Waals surface area (Å²) in [7, 11) is -2.82. The van der Waals surface area contributed by atoms with Crippen LogP contribution in [0, 0.1) is 5.82 Å². The number of ketones is 1. The van der Waals surface area contributed by atoms with Gasteiger partial charge in [0.25, 0.3) is 10.0 Å². The van der Waals surface area contributed by atoms with Gasteiger partial charge >= 0.3 is 5.97 Å². The minimum Gasteiger partial charge on any atom is -0.420 e.